The second-order valence-corrected chi connectivity index (χ2v) is 10.7. The minimum atomic E-state index is -0.0184. The number of nitrogens with two attached hydrogens (primary N) is 1. The summed E-state index contributed by atoms with van der Waals surface area (Å²) in [5.74, 6) is 0.212. The van der Waals surface area contributed by atoms with E-state index in [-0.39, 0.29) is 17.9 Å². The van der Waals surface area contributed by atoms with Crippen molar-refractivity contribution < 1.29 is 19.1 Å². The Bertz CT molecular complexity index is 1030. The lowest BCUT2D eigenvalue weighted by atomic mass is 10.1. The van der Waals surface area contributed by atoms with Crippen LogP contribution in [-0.4, -0.2) is 81.4 Å². The van der Waals surface area contributed by atoms with Gasteiger partial charge in [-0.15, -0.1) is 24.2 Å². The van der Waals surface area contributed by atoms with Gasteiger partial charge in [0.25, 0.3) is 0 Å². The predicted octanol–water partition coefficient (Wildman–Crippen LogP) is 6.93. The molecule has 3 N–H and O–H groups in total. The number of amides is 2. The number of hydrogen-bond acceptors (Lipinski definition) is 7. The lowest BCUT2D eigenvalue weighted by Gasteiger charge is -2.36. The third-order valence-corrected chi connectivity index (χ3v) is 7.00. The Labute approximate surface area is 277 Å². The average Bonchev–Trinajstić information content (AvgIpc) is 3.43. The number of nitrogens with one attached hydrogen (secondary N) is 1. The van der Waals surface area contributed by atoms with Crippen molar-refractivity contribution >= 4 is 51.6 Å². The van der Waals surface area contributed by atoms with Crippen molar-refractivity contribution in [2.24, 2.45) is 5.73 Å². The van der Waals surface area contributed by atoms with Crippen LogP contribution in [-0.2, 0) is 19.1 Å². The highest BCUT2D eigenvalue weighted by atomic mass is 35.5. The molecule has 1 aromatic carbocycles. The molecule has 10 heteroatoms. The van der Waals surface area contributed by atoms with Crippen LogP contribution in [0.25, 0.3) is 10.1 Å². The van der Waals surface area contributed by atoms with E-state index in [4.69, 9.17) is 16.4 Å². The van der Waals surface area contributed by atoms with Gasteiger partial charge in [-0.1, -0.05) is 39.0 Å². The number of methoxy groups -OCH3 is 1. The number of terminal acetylenes is 1. The zero-order chi connectivity index (χ0) is 35.1. The van der Waals surface area contributed by atoms with Crippen molar-refractivity contribution in [3.8, 4) is 12.8 Å². The molecule has 0 aliphatic carbocycles. The molecule has 1 atom stereocenters. The van der Waals surface area contributed by atoms with Crippen LogP contribution in [0.2, 0.25) is 5.02 Å². The number of aryl methyl sites for hydroxylation is 1. The fourth-order valence-corrected chi connectivity index (χ4v) is 4.90. The number of rotatable bonds is 9. The van der Waals surface area contributed by atoms with Crippen molar-refractivity contribution in [1.29, 1.82) is 0 Å². The molecule has 0 bridgehead atoms. The molecule has 1 unspecified atom stereocenters. The first-order valence-corrected chi connectivity index (χ1v) is 16.1. The maximum atomic E-state index is 11.9. The second-order valence-electron chi connectivity index (χ2n) is 8.93. The molecule has 1 aromatic heterocycles. The molecule has 0 saturated carbocycles. The monoisotopic (exact) mass is 654 g/mol. The Morgan fingerprint density at radius 2 is 1.77 bits per heavy atom. The molecular weight excluding hydrogens is 596 g/mol. The molecule has 0 spiro atoms. The van der Waals surface area contributed by atoms with Gasteiger partial charge in [0.15, 0.2) is 0 Å². The fraction of sp³-hybridized carbons (Fsp3) is 0.559. The molecule has 2 amide bonds. The topological polar surface area (TPSA) is 105 Å². The van der Waals surface area contributed by atoms with E-state index in [0.717, 1.165) is 49.7 Å². The Kier molecular flexibility index (Phi) is 36.0. The smallest absolute Gasteiger partial charge is 0.222 e. The van der Waals surface area contributed by atoms with Crippen LogP contribution in [0.4, 0.5) is 0 Å². The number of fused-ring (bicyclic) bond motifs is 1. The van der Waals surface area contributed by atoms with E-state index in [0.29, 0.717) is 19.5 Å². The summed E-state index contributed by atoms with van der Waals surface area (Å²) in [6, 6.07) is 8.34. The quantitative estimate of drug-likeness (QED) is 0.284. The predicted molar refractivity (Wildman–Crippen MR) is 192 cm³/mol. The molecule has 252 valence electrons. The van der Waals surface area contributed by atoms with Gasteiger partial charge in [0.05, 0.1) is 6.54 Å². The number of nitrogens with zero attached hydrogens (tertiary/aromatic N) is 2. The molecule has 44 heavy (non-hydrogen) atoms. The van der Waals surface area contributed by atoms with Gasteiger partial charge in [0.1, 0.15) is 6.79 Å². The standard InChI is InChI=1S/C16H29N3O2.C9H7ClS.C3H8O.C2H6.C2H2.CH5N.CH2O/c1-5-9-19(13(2)11-17-15(4)20)14(3)12-18-10-7-6-8-16(18)21;1-6-4-7-5-8(10)2-3-9(7)11-6;1-3-4-2;4*1-2/h13H,3,5-12H2,1-2,4H3,(H,17,20);2-5H,1H3;3H2,1-2H3;1-2H3;1-2H;2H2,1H3;1H2. The Morgan fingerprint density at radius 1 is 1.20 bits per heavy atom. The molecule has 8 nitrogen and oxygen atoms in total. The molecule has 2 heterocycles. The summed E-state index contributed by atoms with van der Waals surface area (Å²) in [4.78, 5) is 36.4. The van der Waals surface area contributed by atoms with Gasteiger partial charge < -0.3 is 30.4 Å². The van der Waals surface area contributed by atoms with E-state index < -0.39 is 0 Å². The molecule has 1 fully saturated rings. The number of carbonyl (C=O) groups excluding carboxylic acids is 3. The van der Waals surface area contributed by atoms with Crippen LogP contribution in [0.1, 0.15) is 72.1 Å². The van der Waals surface area contributed by atoms with Gasteiger partial charge in [-0.3, -0.25) is 9.59 Å². The van der Waals surface area contributed by atoms with Gasteiger partial charge in [-0.2, -0.15) is 0 Å². The third kappa shape index (κ3) is 22.6. The summed E-state index contributed by atoms with van der Waals surface area (Å²) in [5, 5.41) is 4.91. The van der Waals surface area contributed by atoms with Crippen LogP contribution < -0.4 is 11.1 Å². The van der Waals surface area contributed by atoms with Crippen LogP contribution >= 0.6 is 22.9 Å². The summed E-state index contributed by atoms with van der Waals surface area (Å²) >= 11 is 7.63. The van der Waals surface area contributed by atoms with Crippen LogP contribution in [0.5, 0.6) is 0 Å². The molecular formula is C34H59ClN4O4S. The highest BCUT2D eigenvalue weighted by molar-refractivity contribution is 7.19. The lowest BCUT2D eigenvalue weighted by molar-refractivity contribution is -0.133. The molecule has 0 radical (unpaired) electrons. The van der Waals surface area contributed by atoms with E-state index in [9.17, 15) is 9.59 Å². The SMILES string of the molecule is C#C.C=C(CN1CCCCC1=O)N(CCC)C(C)CNC(C)=O.C=O.CC.CCOC.CN.Cc1cc2cc(Cl)ccc2s1. The van der Waals surface area contributed by atoms with Gasteiger partial charge in [-0.05, 0) is 76.7 Å². The summed E-state index contributed by atoms with van der Waals surface area (Å²) in [6.07, 6.45) is 11.7. The van der Waals surface area contributed by atoms with Crippen LogP contribution in [0, 0.1) is 19.8 Å². The lowest BCUT2D eigenvalue weighted by Crippen LogP contribution is -2.45. The summed E-state index contributed by atoms with van der Waals surface area (Å²) in [6.45, 7) is 23.7. The number of hydrogen-bond donors (Lipinski definition) is 2. The van der Waals surface area contributed by atoms with Gasteiger partial charge in [0.2, 0.25) is 11.8 Å². The number of thiophene rings is 1. The highest BCUT2D eigenvalue weighted by Gasteiger charge is 2.22. The van der Waals surface area contributed by atoms with E-state index in [1.807, 2.05) is 44.6 Å². The zero-order valence-corrected chi connectivity index (χ0v) is 30.3. The van der Waals surface area contributed by atoms with E-state index in [1.165, 1.54) is 28.9 Å². The minimum Gasteiger partial charge on any atom is -0.385 e. The van der Waals surface area contributed by atoms with Crippen molar-refractivity contribution in [2.75, 3.05) is 46.9 Å². The van der Waals surface area contributed by atoms with Crippen LogP contribution in [0.3, 0.4) is 0 Å². The number of piperidine rings is 1. The third-order valence-electron chi connectivity index (χ3n) is 5.73. The highest BCUT2D eigenvalue weighted by Crippen LogP contribution is 2.27. The van der Waals surface area contributed by atoms with Gasteiger partial charge in [-0.25, -0.2) is 0 Å². The molecule has 2 aromatic rings. The van der Waals surface area contributed by atoms with E-state index in [2.05, 4.69) is 73.0 Å². The van der Waals surface area contributed by atoms with Crippen molar-refractivity contribution in [2.45, 2.75) is 80.2 Å². The number of halogens is 1. The Morgan fingerprint density at radius 3 is 2.25 bits per heavy atom. The largest absolute Gasteiger partial charge is 0.385 e. The van der Waals surface area contributed by atoms with Gasteiger partial charge >= 0.3 is 0 Å². The van der Waals surface area contributed by atoms with Crippen molar-refractivity contribution in [1.82, 2.24) is 15.1 Å². The summed E-state index contributed by atoms with van der Waals surface area (Å²) < 4.78 is 5.85. The number of likely N-dealkylation sites (tertiary alicyclic amines) is 1. The second kappa shape index (κ2) is 33.0. The fourth-order valence-electron chi connectivity index (χ4n) is 3.82. The van der Waals surface area contributed by atoms with E-state index in [1.54, 1.807) is 18.4 Å². The molecule has 1 aliphatic rings. The van der Waals surface area contributed by atoms with Crippen LogP contribution in [0.15, 0.2) is 36.5 Å². The van der Waals surface area contributed by atoms with Gasteiger partial charge in [0, 0.05) is 73.0 Å². The molecule has 1 aliphatic heterocycles. The van der Waals surface area contributed by atoms with Crippen molar-refractivity contribution in [3.63, 3.8) is 0 Å². The minimum absolute atomic E-state index is 0.0184. The Hall–Kier alpha value is -2.90. The maximum absolute atomic E-state index is 11.9. The molecule has 1 saturated heterocycles. The summed E-state index contributed by atoms with van der Waals surface area (Å²) in [7, 11) is 3.18. The number of carbonyl (C=O) groups is 3. The zero-order valence-electron chi connectivity index (χ0n) is 28.7. The average molecular weight is 655 g/mol. The Balaban J connectivity index is -0.000000289. The number of benzene rings is 1. The summed E-state index contributed by atoms with van der Waals surface area (Å²) in [5.41, 5.74) is 5.46. The normalized spacial score (nSPS) is 11.7. The number of ether oxygens (including phenoxy) is 1. The van der Waals surface area contributed by atoms with E-state index >= 15 is 0 Å². The molecule has 3 rings (SSSR count). The first-order valence-electron chi connectivity index (χ1n) is 14.9. The maximum Gasteiger partial charge on any atom is 0.222 e. The first kappa shape index (κ1) is 48.0. The first-order chi connectivity index (χ1) is 21.1. The van der Waals surface area contributed by atoms with Crippen molar-refractivity contribution in [3.05, 3.63) is 46.4 Å².